The number of carboxylic acids is 1. The van der Waals surface area contributed by atoms with Gasteiger partial charge in [0.05, 0.1) is 5.41 Å². The number of aliphatic hydroxyl groups is 1. The summed E-state index contributed by atoms with van der Waals surface area (Å²) >= 11 is 0. The van der Waals surface area contributed by atoms with Crippen LogP contribution in [-0.4, -0.2) is 28.6 Å². The molecule has 1 aliphatic heterocycles. The number of anilines is 1. The fourth-order valence-electron chi connectivity index (χ4n) is 3.18. The van der Waals surface area contributed by atoms with Crippen LogP contribution in [0.4, 0.5) is 5.69 Å². The van der Waals surface area contributed by atoms with Crippen LogP contribution in [0.1, 0.15) is 31.2 Å². The van der Waals surface area contributed by atoms with Crippen LogP contribution in [0.2, 0.25) is 0 Å². The van der Waals surface area contributed by atoms with Gasteiger partial charge in [-0.05, 0) is 30.5 Å². The average molecular weight is 312 g/mol. The monoisotopic (exact) mass is 312 g/mol. The molecule has 1 aromatic rings. The Labute approximate surface area is 133 Å². The number of hydrogen-bond acceptors (Lipinski definition) is 4. The van der Waals surface area contributed by atoms with E-state index >= 15 is 0 Å². The summed E-state index contributed by atoms with van der Waals surface area (Å²) in [4.78, 5) is 25.2. The molecule has 6 heteroatoms. The van der Waals surface area contributed by atoms with Gasteiger partial charge in [0.2, 0.25) is 0 Å². The molecular formula is C17H16N2O4. The number of aliphatic hydroxyl groups excluding tert-OH is 1. The third kappa shape index (κ3) is 2.25. The number of carbonyl (C=O) groups excluding carboxylic acids is 1. The summed E-state index contributed by atoms with van der Waals surface area (Å²) in [5, 5.41) is 28.0. The number of aliphatic carboxylic acids is 1. The van der Waals surface area contributed by atoms with Crippen LogP contribution in [0.5, 0.6) is 0 Å². The van der Waals surface area contributed by atoms with E-state index in [1.807, 2.05) is 0 Å². The molecule has 0 bridgehead atoms. The van der Waals surface area contributed by atoms with Crippen molar-refractivity contribution in [1.82, 2.24) is 0 Å². The number of rotatable bonds is 3. The van der Waals surface area contributed by atoms with Gasteiger partial charge in [0.15, 0.2) is 5.57 Å². The van der Waals surface area contributed by atoms with Gasteiger partial charge in [0, 0.05) is 18.7 Å². The number of carboxylic acid groups (broad SMARTS) is 1. The Hall–Kier alpha value is -2.81. The summed E-state index contributed by atoms with van der Waals surface area (Å²) in [6, 6.07) is 8.61. The van der Waals surface area contributed by atoms with E-state index in [1.54, 1.807) is 30.3 Å². The van der Waals surface area contributed by atoms with Crippen LogP contribution in [0.25, 0.3) is 0 Å². The lowest BCUT2D eigenvalue weighted by molar-refractivity contribution is -0.147. The summed E-state index contributed by atoms with van der Waals surface area (Å²) in [5.41, 5.74) is 0.295. The van der Waals surface area contributed by atoms with E-state index in [1.165, 1.54) is 4.90 Å². The van der Waals surface area contributed by atoms with E-state index in [-0.39, 0.29) is 17.8 Å². The van der Waals surface area contributed by atoms with Crippen LogP contribution < -0.4 is 4.90 Å². The predicted octanol–water partition coefficient (Wildman–Crippen LogP) is 2.27. The number of hydrogen-bond donors (Lipinski definition) is 2. The maximum atomic E-state index is 12.2. The number of carbonyl (C=O) groups is 2. The van der Waals surface area contributed by atoms with Crippen molar-refractivity contribution in [2.45, 2.75) is 31.1 Å². The second kappa shape index (κ2) is 5.43. The molecule has 1 saturated carbocycles. The minimum Gasteiger partial charge on any atom is -0.511 e. The zero-order valence-corrected chi connectivity index (χ0v) is 12.5. The standard InChI is InChI=1S/C17H16N2O4/c18-10-13-14(20)6-9-19(15(13)21)12-4-2-11(3-5-12)17(16(22)23)7-1-8-17/h2-5,20H,1,6-9H2,(H,22,23). The van der Waals surface area contributed by atoms with Gasteiger partial charge in [-0.1, -0.05) is 18.6 Å². The Morgan fingerprint density at radius 3 is 2.39 bits per heavy atom. The molecule has 6 nitrogen and oxygen atoms in total. The number of benzene rings is 1. The first-order chi connectivity index (χ1) is 11.0. The van der Waals surface area contributed by atoms with Crippen molar-refractivity contribution in [3.8, 4) is 6.07 Å². The zero-order valence-electron chi connectivity index (χ0n) is 12.5. The van der Waals surface area contributed by atoms with Crippen molar-refractivity contribution in [1.29, 1.82) is 5.26 Å². The van der Waals surface area contributed by atoms with Crippen molar-refractivity contribution < 1.29 is 19.8 Å². The molecule has 2 aliphatic rings. The predicted molar refractivity (Wildman–Crippen MR) is 81.8 cm³/mol. The van der Waals surface area contributed by atoms with Crippen molar-refractivity contribution in [3.63, 3.8) is 0 Å². The first-order valence-electron chi connectivity index (χ1n) is 7.47. The summed E-state index contributed by atoms with van der Waals surface area (Å²) in [7, 11) is 0. The number of amides is 1. The second-order valence-corrected chi connectivity index (χ2v) is 5.93. The van der Waals surface area contributed by atoms with Crippen LogP contribution >= 0.6 is 0 Å². The Bertz CT molecular complexity index is 739. The lowest BCUT2D eigenvalue weighted by Crippen LogP contribution is -2.42. The topological polar surface area (TPSA) is 102 Å². The number of nitriles is 1. The van der Waals surface area contributed by atoms with Crippen LogP contribution in [0, 0.1) is 11.3 Å². The van der Waals surface area contributed by atoms with Crippen molar-refractivity contribution in [2.24, 2.45) is 0 Å². The van der Waals surface area contributed by atoms with E-state index in [9.17, 15) is 19.8 Å². The molecule has 23 heavy (non-hydrogen) atoms. The van der Waals surface area contributed by atoms with Gasteiger partial charge in [-0.3, -0.25) is 9.59 Å². The smallest absolute Gasteiger partial charge is 0.314 e. The highest BCUT2D eigenvalue weighted by Crippen LogP contribution is 2.44. The maximum Gasteiger partial charge on any atom is 0.314 e. The van der Waals surface area contributed by atoms with Gasteiger partial charge >= 0.3 is 5.97 Å². The maximum absolute atomic E-state index is 12.2. The molecule has 0 radical (unpaired) electrons. The van der Waals surface area contributed by atoms with E-state index in [0.29, 0.717) is 25.1 Å². The van der Waals surface area contributed by atoms with Crippen molar-refractivity contribution >= 4 is 17.6 Å². The molecule has 1 amide bonds. The van der Waals surface area contributed by atoms with Crippen LogP contribution in [0.15, 0.2) is 35.6 Å². The second-order valence-electron chi connectivity index (χ2n) is 5.93. The first-order valence-corrected chi connectivity index (χ1v) is 7.47. The molecule has 3 rings (SSSR count). The highest BCUT2D eigenvalue weighted by Gasteiger charge is 2.45. The quantitative estimate of drug-likeness (QED) is 0.891. The van der Waals surface area contributed by atoms with Gasteiger partial charge < -0.3 is 15.1 Å². The number of nitrogens with zero attached hydrogens (tertiary/aromatic N) is 2. The molecule has 1 aromatic carbocycles. The molecule has 0 unspecified atom stereocenters. The van der Waals surface area contributed by atoms with Crippen LogP contribution in [0.3, 0.4) is 0 Å². The SMILES string of the molecule is N#CC1=C(O)CCN(c2ccc(C3(C(=O)O)CCC3)cc2)C1=O. The van der Waals surface area contributed by atoms with Gasteiger partial charge in [0.25, 0.3) is 5.91 Å². The van der Waals surface area contributed by atoms with Crippen LogP contribution in [-0.2, 0) is 15.0 Å². The third-order valence-electron chi connectivity index (χ3n) is 4.78. The zero-order chi connectivity index (χ0) is 16.6. The molecule has 0 atom stereocenters. The summed E-state index contributed by atoms with van der Waals surface area (Å²) in [6.45, 7) is 0.291. The molecule has 1 heterocycles. The van der Waals surface area contributed by atoms with Crippen molar-refractivity contribution in [3.05, 3.63) is 41.2 Å². The molecule has 0 aromatic heterocycles. The Morgan fingerprint density at radius 2 is 1.91 bits per heavy atom. The van der Waals surface area contributed by atoms with E-state index in [2.05, 4.69) is 0 Å². The Morgan fingerprint density at radius 1 is 1.26 bits per heavy atom. The fraction of sp³-hybridized carbons (Fsp3) is 0.353. The van der Waals surface area contributed by atoms with E-state index < -0.39 is 17.3 Å². The molecule has 1 aliphatic carbocycles. The summed E-state index contributed by atoms with van der Waals surface area (Å²) in [6.07, 6.45) is 2.38. The molecule has 118 valence electrons. The Balaban J connectivity index is 1.88. The molecule has 2 N–H and O–H groups in total. The molecule has 0 spiro atoms. The lowest BCUT2D eigenvalue weighted by Gasteiger charge is -2.38. The molecule has 1 fully saturated rings. The first kappa shape index (κ1) is 15.1. The highest BCUT2D eigenvalue weighted by atomic mass is 16.4. The summed E-state index contributed by atoms with van der Waals surface area (Å²) < 4.78 is 0. The van der Waals surface area contributed by atoms with Gasteiger partial charge in [-0.15, -0.1) is 0 Å². The minimum atomic E-state index is -0.815. The summed E-state index contributed by atoms with van der Waals surface area (Å²) in [5.74, 6) is -1.52. The minimum absolute atomic E-state index is 0.176. The lowest BCUT2D eigenvalue weighted by atomic mass is 9.64. The van der Waals surface area contributed by atoms with E-state index in [0.717, 1.165) is 12.0 Å². The van der Waals surface area contributed by atoms with E-state index in [4.69, 9.17) is 5.26 Å². The highest BCUT2D eigenvalue weighted by molar-refractivity contribution is 6.09. The largest absolute Gasteiger partial charge is 0.511 e. The molecular weight excluding hydrogens is 296 g/mol. The van der Waals surface area contributed by atoms with Gasteiger partial charge in [0.1, 0.15) is 11.8 Å². The van der Waals surface area contributed by atoms with Gasteiger partial charge in [-0.25, -0.2) is 0 Å². The van der Waals surface area contributed by atoms with Gasteiger partial charge in [-0.2, -0.15) is 5.26 Å². The average Bonchev–Trinajstić information content (AvgIpc) is 2.47. The van der Waals surface area contributed by atoms with Crippen molar-refractivity contribution in [2.75, 3.05) is 11.4 Å². The molecule has 0 saturated heterocycles. The third-order valence-corrected chi connectivity index (χ3v) is 4.78. The Kier molecular flexibility index (Phi) is 3.57. The normalized spacial score (nSPS) is 20.0. The fourth-order valence-corrected chi connectivity index (χ4v) is 3.18.